The third-order valence-electron chi connectivity index (χ3n) is 4.64. The molecule has 24 heavy (non-hydrogen) atoms. The van der Waals surface area contributed by atoms with Crippen LogP contribution < -0.4 is 5.32 Å². The molecule has 3 heterocycles. The Hall–Kier alpha value is -2.38. The average molecular weight is 332 g/mol. The fourth-order valence-corrected chi connectivity index (χ4v) is 3.24. The molecule has 0 radical (unpaired) electrons. The standard InChI is InChI=1S/C16H24N6O2/c1-11-15-13(20(3)19-11)9-18-22(15)12(2)16(24)17-10-14(23)21-7-5-4-6-8-21/h9,12H,4-8,10H2,1-3H3,(H,17,24)/t12-/m0/s1. The topological polar surface area (TPSA) is 85.0 Å². The van der Waals surface area contributed by atoms with Gasteiger partial charge in [0.25, 0.3) is 0 Å². The van der Waals surface area contributed by atoms with E-state index >= 15 is 0 Å². The highest BCUT2D eigenvalue weighted by atomic mass is 16.2. The molecule has 2 amide bonds. The van der Waals surface area contributed by atoms with Crippen LogP contribution in [0.25, 0.3) is 11.0 Å². The maximum Gasteiger partial charge on any atom is 0.245 e. The van der Waals surface area contributed by atoms with Crippen molar-refractivity contribution in [2.24, 2.45) is 7.05 Å². The van der Waals surface area contributed by atoms with E-state index in [-0.39, 0.29) is 18.4 Å². The minimum absolute atomic E-state index is 0.0154. The van der Waals surface area contributed by atoms with E-state index in [9.17, 15) is 9.59 Å². The predicted octanol–water partition coefficient (Wildman–Crippen LogP) is 0.768. The van der Waals surface area contributed by atoms with E-state index in [0.29, 0.717) is 0 Å². The maximum atomic E-state index is 12.4. The molecule has 2 aromatic heterocycles. The summed E-state index contributed by atoms with van der Waals surface area (Å²) in [6.07, 6.45) is 4.97. The fourth-order valence-electron chi connectivity index (χ4n) is 3.24. The van der Waals surface area contributed by atoms with Crippen molar-refractivity contribution in [3.8, 4) is 0 Å². The number of rotatable bonds is 4. The number of likely N-dealkylation sites (tertiary alicyclic amines) is 1. The molecule has 1 saturated heterocycles. The van der Waals surface area contributed by atoms with Crippen LogP contribution in [-0.4, -0.2) is 55.9 Å². The Bertz CT molecular complexity index is 756. The molecular weight excluding hydrogens is 308 g/mol. The van der Waals surface area contributed by atoms with Gasteiger partial charge in [-0.3, -0.25) is 14.3 Å². The molecule has 0 spiro atoms. The molecule has 1 N–H and O–H groups in total. The van der Waals surface area contributed by atoms with Crippen LogP contribution in [-0.2, 0) is 16.6 Å². The van der Waals surface area contributed by atoms with Gasteiger partial charge in [-0.2, -0.15) is 10.2 Å². The van der Waals surface area contributed by atoms with Crippen LogP contribution in [0.2, 0.25) is 0 Å². The molecule has 1 fully saturated rings. The number of carbonyl (C=O) groups is 2. The quantitative estimate of drug-likeness (QED) is 0.896. The minimum atomic E-state index is -0.500. The molecular formula is C16H24N6O2. The number of fused-ring (bicyclic) bond motifs is 1. The molecule has 2 aromatic rings. The van der Waals surface area contributed by atoms with E-state index in [2.05, 4.69) is 15.5 Å². The van der Waals surface area contributed by atoms with Crippen LogP contribution in [0.1, 0.15) is 37.9 Å². The zero-order chi connectivity index (χ0) is 17.3. The summed E-state index contributed by atoms with van der Waals surface area (Å²) in [7, 11) is 1.85. The van der Waals surface area contributed by atoms with Crippen molar-refractivity contribution >= 4 is 22.8 Å². The van der Waals surface area contributed by atoms with Gasteiger partial charge in [0.15, 0.2) is 0 Å². The number of hydrogen-bond donors (Lipinski definition) is 1. The highest BCUT2D eigenvalue weighted by Gasteiger charge is 2.23. The lowest BCUT2D eigenvalue weighted by Gasteiger charge is -2.27. The van der Waals surface area contributed by atoms with Gasteiger partial charge in [0.1, 0.15) is 17.1 Å². The highest BCUT2D eigenvalue weighted by molar-refractivity contribution is 5.88. The van der Waals surface area contributed by atoms with E-state index in [0.717, 1.165) is 42.7 Å². The summed E-state index contributed by atoms with van der Waals surface area (Å²) >= 11 is 0. The zero-order valence-corrected chi connectivity index (χ0v) is 14.4. The molecule has 8 nitrogen and oxygen atoms in total. The van der Waals surface area contributed by atoms with Gasteiger partial charge in [0.05, 0.1) is 18.4 Å². The first-order chi connectivity index (χ1) is 11.5. The fraction of sp³-hybridized carbons (Fsp3) is 0.625. The van der Waals surface area contributed by atoms with Gasteiger partial charge >= 0.3 is 0 Å². The Morgan fingerprint density at radius 3 is 2.71 bits per heavy atom. The van der Waals surface area contributed by atoms with Gasteiger partial charge in [0, 0.05) is 20.1 Å². The van der Waals surface area contributed by atoms with Crippen LogP contribution in [0.3, 0.4) is 0 Å². The molecule has 130 valence electrons. The Morgan fingerprint density at radius 2 is 2.00 bits per heavy atom. The number of nitrogens with zero attached hydrogens (tertiary/aromatic N) is 5. The summed E-state index contributed by atoms with van der Waals surface area (Å²) < 4.78 is 3.41. The van der Waals surface area contributed by atoms with E-state index in [1.54, 1.807) is 22.5 Å². The first-order valence-corrected chi connectivity index (χ1v) is 8.41. The van der Waals surface area contributed by atoms with Gasteiger partial charge in [-0.1, -0.05) is 0 Å². The normalized spacial score (nSPS) is 16.4. The first kappa shape index (κ1) is 16.5. The van der Waals surface area contributed by atoms with Crippen LogP contribution >= 0.6 is 0 Å². The molecule has 0 aromatic carbocycles. The van der Waals surface area contributed by atoms with Crippen molar-refractivity contribution in [2.75, 3.05) is 19.6 Å². The van der Waals surface area contributed by atoms with Crippen molar-refractivity contribution in [1.29, 1.82) is 0 Å². The maximum absolute atomic E-state index is 12.4. The number of carbonyl (C=O) groups excluding carboxylic acids is 2. The number of hydrogen-bond acceptors (Lipinski definition) is 4. The summed E-state index contributed by atoms with van der Waals surface area (Å²) in [6, 6.07) is -0.500. The lowest BCUT2D eigenvalue weighted by atomic mass is 10.1. The predicted molar refractivity (Wildman–Crippen MR) is 89.4 cm³/mol. The van der Waals surface area contributed by atoms with E-state index in [4.69, 9.17) is 0 Å². The van der Waals surface area contributed by atoms with E-state index in [1.165, 1.54) is 6.42 Å². The second kappa shape index (κ2) is 6.62. The Balaban J connectivity index is 1.64. The van der Waals surface area contributed by atoms with Crippen molar-refractivity contribution in [2.45, 2.75) is 39.2 Å². The molecule has 1 aliphatic rings. The highest BCUT2D eigenvalue weighted by Crippen LogP contribution is 2.20. The van der Waals surface area contributed by atoms with Crippen molar-refractivity contribution in [1.82, 2.24) is 29.8 Å². The molecule has 3 rings (SSSR count). The monoisotopic (exact) mass is 332 g/mol. The number of amides is 2. The van der Waals surface area contributed by atoms with Gasteiger partial charge in [-0.05, 0) is 33.1 Å². The van der Waals surface area contributed by atoms with Crippen molar-refractivity contribution < 1.29 is 9.59 Å². The summed E-state index contributed by atoms with van der Waals surface area (Å²) in [6.45, 7) is 5.29. The van der Waals surface area contributed by atoms with Gasteiger partial charge in [0.2, 0.25) is 11.8 Å². The second-order valence-electron chi connectivity index (χ2n) is 6.37. The Kier molecular flexibility index (Phi) is 4.55. The van der Waals surface area contributed by atoms with E-state index in [1.807, 2.05) is 18.9 Å². The largest absolute Gasteiger partial charge is 0.345 e. The smallest absolute Gasteiger partial charge is 0.245 e. The van der Waals surface area contributed by atoms with Crippen LogP contribution in [0.4, 0.5) is 0 Å². The van der Waals surface area contributed by atoms with Crippen LogP contribution in [0.5, 0.6) is 0 Å². The number of piperidine rings is 1. The first-order valence-electron chi connectivity index (χ1n) is 8.41. The molecule has 0 aliphatic carbocycles. The molecule has 0 unspecified atom stereocenters. The minimum Gasteiger partial charge on any atom is -0.345 e. The number of aromatic nitrogens is 4. The van der Waals surface area contributed by atoms with Crippen LogP contribution in [0.15, 0.2) is 6.20 Å². The molecule has 1 aliphatic heterocycles. The molecule has 0 saturated carbocycles. The van der Waals surface area contributed by atoms with Crippen molar-refractivity contribution in [3.05, 3.63) is 11.9 Å². The van der Waals surface area contributed by atoms with Gasteiger partial charge in [-0.15, -0.1) is 0 Å². The summed E-state index contributed by atoms with van der Waals surface area (Å²) in [5.74, 6) is -0.230. The molecule has 8 heteroatoms. The zero-order valence-electron chi connectivity index (χ0n) is 14.4. The van der Waals surface area contributed by atoms with E-state index < -0.39 is 6.04 Å². The lowest BCUT2D eigenvalue weighted by Crippen LogP contribution is -2.43. The molecule has 0 bridgehead atoms. The SMILES string of the molecule is Cc1nn(C)c2cnn([C@@H](C)C(=O)NCC(=O)N3CCCCC3)c12. The average Bonchev–Trinajstić information content (AvgIpc) is 3.15. The summed E-state index contributed by atoms with van der Waals surface area (Å²) in [5, 5.41) is 11.4. The Morgan fingerprint density at radius 1 is 1.29 bits per heavy atom. The third kappa shape index (κ3) is 3.00. The summed E-state index contributed by atoms with van der Waals surface area (Å²) in [4.78, 5) is 26.4. The lowest BCUT2D eigenvalue weighted by molar-refractivity contribution is -0.134. The second-order valence-corrected chi connectivity index (χ2v) is 6.37. The number of nitrogens with one attached hydrogen (secondary N) is 1. The number of aryl methyl sites for hydroxylation is 2. The third-order valence-corrected chi connectivity index (χ3v) is 4.64. The van der Waals surface area contributed by atoms with Crippen molar-refractivity contribution in [3.63, 3.8) is 0 Å². The van der Waals surface area contributed by atoms with Gasteiger partial charge in [-0.25, -0.2) is 4.68 Å². The van der Waals surface area contributed by atoms with Gasteiger partial charge < -0.3 is 10.2 Å². The summed E-state index contributed by atoms with van der Waals surface area (Å²) in [5.41, 5.74) is 2.56. The Labute approximate surface area is 140 Å². The molecule has 1 atom stereocenters. The van der Waals surface area contributed by atoms with Crippen LogP contribution in [0, 0.1) is 6.92 Å².